The van der Waals surface area contributed by atoms with E-state index in [1.807, 2.05) is 24.3 Å². The van der Waals surface area contributed by atoms with Gasteiger partial charge in [-0.1, -0.05) is 41.9 Å². The Morgan fingerprint density at radius 2 is 2.00 bits per heavy atom. The zero-order valence-electron chi connectivity index (χ0n) is 16.9. The molecule has 0 spiro atoms. The number of benzene rings is 2. The van der Waals surface area contributed by atoms with E-state index in [1.165, 1.54) is 23.1 Å². The number of aryl methyl sites for hydroxylation is 1. The summed E-state index contributed by atoms with van der Waals surface area (Å²) in [6, 6.07) is 11.2. The lowest BCUT2D eigenvalue weighted by atomic mass is 10.0. The summed E-state index contributed by atoms with van der Waals surface area (Å²) in [5.74, 6) is -2.12. The second-order valence-corrected chi connectivity index (χ2v) is 10.3. The molecule has 1 aliphatic carbocycles. The number of carbonyl (C=O) groups is 2. The largest absolute Gasteiger partial charge is 0.338 e. The minimum absolute atomic E-state index is 0.0417. The number of hydrogen-bond acceptors (Lipinski definition) is 4. The Labute approximate surface area is 185 Å². The van der Waals surface area contributed by atoms with Crippen molar-refractivity contribution in [2.75, 3.05) is 12.8 Å². The van der Waals surface area contributed by atoms with Crippen LogP contribution < -0.4 is 0 Å². The Bertz CT molecular complexity index is 1150. The third-order valence-corrected chi connectivity index (χ3v) is 7.32. The SMILES string of the molecule is CS(=O)(=O)N(C(=O)C1CC(=O)N(Cc2ccc(F)c(Cl)c2)C1)C1CCc2ccccc21. The van der Waals surface area contributed by atoms with E-state index in [1.54, 1.807) is 0 Å². The number of rotatable bonds is 5. The van der Waals surface area contributed by atoms with Crippen molar-refractivity contribution in [1.82, 2.24) is 9.21 Å². The van der Waals surface area contributed by atoms with Crippen LogP contribution in [0.25, 0.3) is 0 Å². The minimum Gasteiger partial charge on any atom is -0.338 e. The second kappa shape index (κ2) is 8.24. The number of halogens is 2. The van der Waals surface area contributed by atoms with E-state index in [9.17, 15) is 22.4 Å². The zero-order chi connectivity index (χ0) is 22.3. The zero-order valence-corrected chi connectivity index (χ0v) is 18.5. The molecule has 2 atom stereocenters. The average Bonchev–Trinajstić information content (AvgIpc) is 3.28. The fourth-order valence-corrected chi connectivity index (χ4v) is 5.82. The predicted molar refractivity (Wildman–Crippen MR) is 114 cm³/mol. The first-order valence-corrected chi connectivity index (χ1v) is 12.2. The van der Waals surface area contributed by atoms with Crippen LogP contribution in [0, 0.1) is 11.7 Å². The highest BCUT2D eigenvalue weighted by atomic mass is 35.5. The van der Waals surface area contributed by atoms with Crippen molar-refractivity contribution in [3.8, 4) is 0 Å². The van der Waals surface area contributed by atoms with Gasteiger partial charge < -0.3 is 4.90 Å². The lowest BCUT2D eigenvalue weighted by Gasteiger charge is -2.29. The van der Waals surface area contributed by atoms with Gasteiger partial charge >= 0.3 is 0 Å². The smallest absolute Gasteiger partial charge is 0.242 e. The number of fused-ring (bicyclic) bond motifs is 1. The van der Waals surface area contributed by atoms with Gasteiger partial charge in [0.2, 0.25) is 21.8 Å². The fraction of sp³-hybridized carbons (Fsp3) is 0.364. The van der Waals surface area contributed by atoms with Crippen molar-refractivity contribution >= 4 is 33.4 Å². The molecule has 1 aliphatic heterocycles. The van der Waals surface area contributed by atoms with Crippen LogP contribution in [0.5, 0.6) is 0 Å². The molecule has 2 aromatic carbocycles. The number of likely N-dealkylation sites (tertiary alicyclic amines) is 1. The predicted octanol–water partition coefficient (Wildman–Crippen LogP) is 3.30. The monoisotopic (exact) mass is 464 g/mol. The highest BCUT2D eigenvalue weighted by molar-refractivity contribution is 7.88. The third-order valence-electron chi connectivity index (χ3n) is 5.88. The van der Waals surface area contributed by atoms with E-state index < -0.39 is 33.7 Å². The molecule has 0 saturated carbocycles. The standard InChI is InChI=1S/C22H22ClFN2O4S/c1-31(29,30)26(20-9-7-15-4-2-3-5-17(15)20)22(28)16-11-21(27)25(13-16)12-14-6-8-19(24)18(23)10-14/h2-6,8,10,16,20H,7,9,11-13H2,1H3. The van der Waals surface area contributed by atoms with Gasteiger partial charge in [0, 0.05) is 19.5 Å². The van der Waals surface area contributed by atoms with Gasteiger partial charge in [-0.15, -0.1) is 0 Å². The Morgan fingerprint density at radius 3 is 2.71 bits per heavy atom. The van der Waals surface area contributed by atoms with Crippen molar-refractivity contribution in [3.63, 3.8) is 0 Å². The summed E-state index contributed by atoms with van der Waals surface area (Å²) >= 11 is 5.81. The molecule has 0 aromatic heterocycles. The summed E-state index contributed by atoms with van der Waals surface area (Å²) in [4.78, 5) is 27.3. The first-order chi connectivity index (χ1) is 14.6. The molecule has 2 unspecified atom stereocenters. The summed E-state index contributed by atoms with van der Waals surface area (Å²) in [6.45, 7) is 0.279. The Balaban J connectivity index is 1.55. The first-order valence-electron chi connectivity index (χ1n) is 9.98. The molecule has 6 nitrogen and oxygen atoms in total. The maximum atomic E-state index is 13.4. The highest BCUT2D eigenvalue weighted by Gasteiger charge is 2.43. The third kappa shape index (κ3) is 4.32. The van der Waals surface area contributed by atoms with Crippen molar-refractivity contribution in [3.05, 3.63) is 70.0 Å². The number of sulfonamides is 1. The summed E-state index contributed by atoms with van der Waals surface area (Å²) < 4.78 is 39.6. The van der Waals surface area contributed by atoms with Gasteiger partial charge in [0.05, 0.1) is 23.2 Å². The van der Waals surface area contributed by atoms with Crippen LogP contribution >= 0.6 is 11.6 Å². The normalized spacial score (nSPS) is 20.7. The fourth-order valence-electron chi connectivity index (χ4n) is 4.46. The minimum atomic E-state index is -3.84. The summed E-state index contributed by atoms with van der Waals surface area (Å²) in [5, 5.41) is -0.0417. The first kappa shape index (κ1) is 21.8. The topological polar surface area (TPSA) is 74.8 Å². The Morgan fingerprint density at radius 1 is 1.26 bits per heavy atom. The molecule has 0 radical (unpaired) electrons. The molecule has 2 aliphatic rings. The maximum absolute atomic E-state index is 13.4. The van der Waals surface area contributed by atoms with Crippen molar-refractivity contribution in [2.45, 2.75) is 31.8 Å². The van der Waals surface area contributed by atoms with Crippen LogP contribution in [0.3, 0.4) is 0 Å². The molecule has 31 heavy (non-hydrogen) atoms. The second-order valence-electron chi connectivity index (χ2n) is 8.07. The molecular weight excluding hydrogens is 443 g/mol. The molecule has 4 rings (SSSR count). The molecule has 1 fully saturated rings. The Kier molecular flexibility index (Phi) is 5.79. The van der Waals surface area contributed by atoms with Gasteiger partial charge in [0.1, 0.15) is 5.82 Å². The summed E-state index contributed by atoms with van der Waals surface area (Å²) in [5.41, 5.74) is 2.51. The van der Waals surface area contributed by atoms with Crippen LogP contribution in [0.2, 0.25) is 5.02 Å². The quantitative estimate of drug-likeness (QED) is 0.680. The van der Waals surface area contributed by atoms with Crippen molar-refractivity contribution < 1.29 is 22.4 Å². The van der Waals surface area contributed by atoms with Gasteiger partial charge in [-0.25, -0.2) is 17.1 Å². The van der Waals surface area contributed by atoms with E-state index in [-0.39, 0.29) is 30.4 Å². The van der Waals surface area contributed by atoms with Gasteiger partial charge in [-0.2, -0.15) is 0 Å². The van der Waals surface area contributed by atoms with E-state index >= 15 is 0 Å². The van der Waals surface area contributed by atoms with Crippen LogP contribution in [0.1, 0.15) is 35.6 Å². The molecule has 0 N–H and O–H groups in total. The van der Waals surface area contributed by atoms with Gasteiger partial charge in [-0.3, -0.25) is 9.59 Å². The van der Waals surface area contributed by atoms with Crippen LogP contribution in [0.15, 0.2) is 42.5 Å². The lowest BCUT2D eigenvalue weighted by molar-refractivity contribution is -0.133. The summed E-state index contributed by atoms with van der Waals surface area (Å²) in [6.07, 6.45) is 2.19. The average molecular weight is 465 g/mol. The van der Waals surface area contributed by atoms with E-state index in [0.29, 0.717) is 18.4 Å². The van der Waals surface area contributed by atoms with E-state index in [2.05, 4.69) is 0 Å². The molecule has 164 valence electrons. The number of hydrogen-bond donors (Lipinski definition) is 0. The molecule has 2 aromatic rings. The van der Waals surface area contributed by atoms with Gasteiger partial charge in [0.25, 0.3) is 0 Å². The molecule has 1 heterocycles. The number of nitrogens with zero attached hydrogens (tertiary/aromatic N) is 2. The van der Waals surface area contributed by atoms with Gasteiger partial charge in [0.15, 0.2) is 0 Å². The van der Waals surface area contributed by atoms with E-state index in [0.717, 1.165) is 21.7 Å². The van der Waals surface area contributed by atoms with Gasteiger partial charge in [-0.05, 0) is 41.7 Å². The summed E-state index contributed by atoms with van der Waals surface area (Å²) in [7, 11) is -3.84. The molecule has 1 saturated heterocycles. The van der Waals surface area contributed by atoms with E-state index in [4.69, 9.17) is 11.6 Å². The van der Waals surface area contributed by atoms with Crippen LogP contribution in [-0.4, -0.2) is 42.2 Å². The highest BCUT2D eigenvalue weighted by Crippen LogP contribution is 2.38. The number of carbonyl (C=O) groups excluding carboxylic acids is 2. The van der Waals surface area contributed by atoms with Crippen LogP contribution in [0.4, 0.5) is 4.39 Å². The van der Waals surface area contributed by atoms with Crippen molar-refractivity contribution in [1.29, 1.82) is 0 Å². The molecule has 0 bridgehead atoms. The molecule has 9 heteroatoms. The van der Waals surface area contributed by atoms with Crippen LogP contribution in [-0.2, 0) is 32.6 Å². The molecular formula is C22H22ClFN2O4S. The Hall–Kier alpha value is -2.45. The number of amides is 2. The molecule has 2 amide bonds. The maximum Gasteiger partial charge on any atom is 0.242 e. The van der Waals surface area contributed by atoms with Crippen molar-refractivity contribution in [2.24, 2.45) is 5.92 Å². The lowest BCUT2D eigenvalue weighted by Crippen LogP contribution is -2.42.